The third kappa shape index (κ3) is 4.79. The molecule has 188 valence electrons. The van der Waals surface area contributed by atoms with E-state index in [1.807, 2.05) is 5.32 Å². The number of fused-ring (bicyclic) bond motifs is 1. The number of nitrogens with one attached hydrogen (secondary N) is 1. The van der Waals surface area contributed by atoms with Crippen LogP contribution in [0.3, 0.4) is 0 Å². The predicted octanol–water partition coefficient (Wildman–Crippen LogP) is 2.05. The standard InChI is InChI=1S/C22H17F3N4O6S/c23-22(24,25)12-3-1-11(2-4-12)6-29-15-8-28(20(34)14-9-36-10-27-14)7-13(15)18(32)17(21(29)35)19(33)26-5-16(30)31/h1-4,9-10,32H,5-8H2,(H,26,33)(H,30,31). The van der Waals surface area contributed by atoms with E-state index in [-0.39, 0.29) is 36.6 Å². The smallest absolute Gasteiger partial charge is 0.416 e. The topological polar surface area (TPSA) is 142 Å². The number of halogens is 3. The summed E-state index contributed by atoms with van der Waals surface area (Å²) in [6, 6.07) is 4.04. The Hall–Kier alpha value is -4.20. The normalized spacial score (nSPS) is 12.9. The van der Waals surface area contributed by atoms with E-state index in [0.29, 0.717) is 5.56 Å². The number of hydrogen-bond acceptors (Lipinski definition) is 7. The zero-order valence-corrected chi connectivity index (χ0v) is 19.0. The molecule has 36 heavy (non-hydrogen) atoms. The second-order valence-electron chi connectivity index (χ2n) is 7.85. The number of amides is 2. The lowest BCUT2D eigenvalue weighted by molar-refractivity contribution is -0.138. The minimum Gasteiger partial charge on any atom is -0.506 e. The number of aromatic nitrogens is 2. The van der Waals surface area contributed by atoms with Crippen molar-refractivity contribution in [2.75, 3.05) is 6.54 Å². The zero-order valence-electron chi connectivity index (χ0n) is 18.2. The third-order valence-electron chi connectivity index (χ3n) is 5.53. The SMILES string of the molecule is O=C(O)CNC(=O)c1c(O)c2c(n(Cc3ccc(C(F)(F)F)cc3)c1=O)CN(C(=O)c1cscn1)C2. The molecule has 1 aliphatic rings. The second kappa shape index (κ2) is 9.45. The van der Waals surface area contributed by atoms with Gasteiger partial charge < -0.3 is 25.0 Å². The van der Waals surface area contributed by atoms with Crippen LogP contribution >= 0.6 is 11.3 Å². The summed E-state index contributed by atoms with van der Waals surface area (Å²) in [7, 11) is 0. The van der Waals surface area contributed by atoms with Crippen molar-refractivity contribution in [2.45, 2.75) is 25.8 Å². The van der Waals surface area contributed by atoms with Gasteiger partial charge in [0.1, 0.15) is 23.6 Å². The molecule has 0 spiro atoms. The number of carboxylic acid groups (broad SMARTS) is 1. The average molecular weight is 522 g/mol. The number of carboxylic acids is 1. The number of carbonyl (C=O) groups is 3. The van der Waals surface area contributed by atoms with Crippen LogP contribution in [0.2, 0.25) is 0 Å². The quantitative estimate of drug-likeness (QED) is 0.450. The van der Waals surface area contributed by atoms with Gasteiger partial charge in [-0.2, -0.15) is 13.2 Å². The van der Waals surface area contributed by atoms with Gasteiger partial charge >= 0.3 is 12.1 Å². The molecule has 3 aromatic rings. The highest BCUT2D eigenvalue weighted by Crippen LogP contribution is 2.33. The molecule has 0 saturated carbocycles. The highest BCUT2D eigenvalue weighted by Gasteiger charge is 2.35. The van der Waals surface area contributed by atoms with E-state index in [4.69, 9.17) is 5.11 Å². The van der Waals surface area contributed by atoms with Crippen molar-refractivity contribution >= 4 is 29.1 Å². The van der Waals surface area contributed by atoms with E-state index in [1.54, 1.807) is 0 Å². The maximum atomic E-state index is 13.3. The predicted molar refractivity (Wildman–Crippen MR) is 119 cm³/mol. The number of thiazole rings is 1. The minimum absolute atomic E-state index is 0.0885. The number of hydrogen-bond donors (Lipinski definition) is 3. The molecule has 0 radical (unpaired) electrons. The summed E-state index contributed by atoms with van der Waals surface area (Å²) in [5.41, 5.74) is -0.437. The van der Waals surface area contributed by atoms with Crippen LogP contribution < -0.4 is 10.9 Å². The van der Waals surface area contributed by atoms with E-state index < -0.39 is 52.9 Å². The van der Waals surface area contributed by atoms with E-state index in [2.05, 4.69) is 4.98 Å². The van der Waals surface area contributed by atoms with Gasteiger partial charge in [-0.15, -0.1) is 11.3 Å². The first-order valence-corrected chi connectivity index (χ1v) is 11.2. The molecule has 2 aromatic heterocycles. The number of pyridine rings is 1. The summed E-state index contributed by atoms with van der Waals surface area (Å²) in [6.07, 6.45) is -4.55. The first-order chi connectivity index (χ1) is 17.0. The molecule has 0 aliphatic carbocycles. The average Bonchev–Trinajstić information content (AvgIpc) is 3.50. The van der Waals surface area contributed by atoms with Crippen LogP contribution in [0.25, 0.3) is 0 Å². The molecular weight excluding hydrogens is 505 g/mol. The number of alkyl halides is 3. The van der Waals surface area contributed by atoms with Crippen LogP contribution in [-0.2, 0) is 30.6 Å². The van der Waals surface area contributed by atoms with Gasteiger partial charge in [-0.25, -0.2) is 4.98 Å². The summed E-state index contributed by atoms with van der Waals surface area (Å²) >= 11 is 1.19. The van der Waals surface area contributed by atoms with Gasteiger partial charge in [-0.05, 0) is 17.7 Å². The summed E-state index contributed by atoms with van der Waals surface area (Å²) in [5.74, 6) is -3.71. The van der Waals surface area contributed by atoms with Gasteiger partial charge in [0.2, 0.25) is 0 Å². The fourth-order valence-corrected chi connectivity index (χ4v) is 4.33. The van der Waals surface area contributed by atoms with Gasteiger partial charge in [-0.3, -0.25) is 19.2 Å². The third-order valence-corrected chi connectivity index (χ3v) is 6.12. The molecular formula is C22H17F3N4O6S. The summed E-state index contributed by atoms with van der Waals surface area (Å²) in [4.78, 5) is 54.8. The molecule has 1 aliphatic heterocycles. The number of nitrogens with zero attached hydrogens (tertiary/aromatic N) is 3. The number of carbonyl (C=O) groups excluding carboxylic acids is 2. The number of rotatable bonds is 6. The van der Waals surface area contributed by atoms with Crippen molar-refractivity contribution < 1.29 is 37.8 Å². The van der Waals surface area contributed by atoms with E-state index in [9.17, 15) is 37.5 Å². The van der Waals surface area contributed by atoms with Crippen molar-refractivity contribution in [3.63, 3.8) is 0 Å². The maximum Gasteiger partial charge on any atom is 0.416 e. The molecule has 1 aromatic carbocycles. The number of benzene rings is 1. The van der Waals surface area contributed by atoms with Gasteiger partial charge in [-0.1, -0.05) is 12.1 Å². The lowest BCUT2D eigenvalue weighted by atomic mass is 10.1. The molecule has 4 rings (SSSR count). The van der Waals surface area contributed by atoms with E-state index in [1.165, 1.54) is 39.3 Å². The van der Waals surface area contributed by atoms with Crippen molar-refractivity contribution in [3.8, 4) is 5.75 Å². The fourth-order valence-electron chi connectivity index (χ4n) is 3.81. The molecule has 14 heteroatoms. The van der Waals surface area contributed by atoms with E-state index >= 15 is 0 Å². The second-order valence-corrected chi connectivity index (χ2v) is 8.56. The molecule has 0 atom stereocenters. The minimum atomic E-state index is -4.55. The Kier molecular flexibility index (Phi) is 6.54. The first-order valence-electron chi connectivity index (χ1n) is 10.3. The lowest BCUT2D eigenvalue weighted by Gasteiger charge is -2.16. The van der Waals surface area contributed by atoms with Crippen LogP contribution in [0.15, 0.2) is 40.0 Å². The van der Waals surface area contributed by atoms with E-state index in [0.717, 1.165) is 16.7 Å². The van der Waals surface area contributed by atoms with Crippen molar-refractivity contribution in [2.24, 2.45) is 0 Å². The summed E-state index contributed by atoms with van der Waals surface area (Å²) in [6.45, 7) is -1.39. The lowest BCUT2D eigenvalue weighted by Crippen LogP contribution is -2.37. The van der Waals surface area contributed by atoms with Crippen LogP contribution in [0, 0.1) is 0 Å². The highest BCUT2D eigenvalue weighted by atomic mass is 32.1. The molecule has 10 nitrogen and oxygen atoms in total. The van der Waals surface area contributed by atoms with Crippen molar-refractivity contribution in [3.05, 3.63) is 79.2 Å². The van der Waals surface area contributed by atoms with Gasteiger partial charge in [0.05, 0.1) is 30.7 Å². The zero-order chi connectivity index (χ0) is 26.2. The van der Waals surface area contributed by atoms with Gasteiger partial charge in [0, 0.05) is 16.6 Å². The number of aromatic hydroxyl groups is 1. The Morgan fingerprint density at radius 2 is 1.83 bits per heavy atom. The molecule has 0 fully saturated rings. The van der Waals surface area contributed by atoms with Gasteiger partial charge in [0.15, 0.2) is 0 Å². The van der Waals surface area contributed by atoms with Crippen LogP contribution in [-0.4, -0.2) is 49.0 Å². The largest absolute Gasteiger partial charge is 0.506 e. The Balaban J connectivity index is 1.77. The Morgan fingerprint density at radius 1 is 1.14 bits per heavy atom. The van der Waals surface area contributed by atoms with Crippen molar-refractivity contribution in [1.29, 1.82) is 0 Å². The fraction of sp³-hybridized carbons (Fsp3) is 0.227. The maximum absolute atomic E-state index is 13.3. The monoisotopic (exact) mass is 522 g/mol. The molecule has 3 heterocycles. The molecule has 0 unspecified atom stereocenters. The summed E-state index contributed by atoms with van der Waals surface area (Å²) < 4.78 is 39.9. The van der Waals surface area contributed by atoms with Crippen LogP contribution in [0.5, 0.6) is 5.75 Å². The first kappa shape index (κ1) is 24.9. The highest BCUT2D eigenvalue weighted by molar-refractivity contribution is 7.07. The molecule has 0 bridgehead atoms. The Bertz CT molecular complexity index is 1400. The Labute approximate surface area is 204 Å². The molecule has 3 N–H and O–H groups in total. The van der Waals surface area contributed by atoms with Crippen LogP contribution in [0.4, 0.5) is 13.2 Å². The Morgan fingerprint density at radius 3 is 2.42 bits per heavy atom. The molecule has 2 amide bonds. The summed E-state index contributed by atoms with van der Waals surface area (Å²) in [5, 5.41) is 23.1. The van der Waals surface area contributed by atoms with Crippen molar-refractivity contribution in [1.82, 2.24) is 19.8 Å². The van der Waals surface area contributed by atoms with Crippen LogP contribution in [0.1, 0.15) is 43.2 Å². The molecule has 0 saturated heterocycles. The van der Waals surface area contributed by atoms with Gasteiger partial charge in [0.25, 0.3) is 17.4 Å². The number of aliphatic carboxylic acids is 1.